The summed E-state index contributed by atoms with van der Waals surface area (Å²) in [7, 11) is 0. The van der Waals surface area contributed by atoms with Crippen molar-refractivity contribution in [2.45, 2.75) is 64.5 Å². The van der Waals surface area contributed by atoms with Gasteiger partial charge in [-0.05, 0) is 32.2 Å². The maximum Gasteiger partial charge on any atom is 0.134 e. The Bertz CT molecular complexity index is 383. The summed E-state index contributed by atoms with van der Waals surface area (Å²) in [6.07, 6.45) is 4.70. The van der Waals surface area contributed by atoms with Crippen molar-refractivity contribution in [2.75, 3.05) is 13.2 Å². The van der Waals surface area contributed by atoms with Crippen LogP contribution in [0, 0.1) is 0 Å². The minimum atomic E-state index is 0.337. The van der Waals surface area contributed by atoms with E-state index in [4.69, 9.17) is 4.74 Å². The molecule has 1 saturated heterocycles. The third-order valence-corrected chi connectivity index (χ3v) is 4.90. The number of aromatic nitrogens is 2. The van der Waals surface area contributed by atoms with Gasteiger partial charge in [-0.3, -0.25) is 0 Å². The number of rotatable bonds is 7. The lowest BCUT2D eigenvalue weighted by atomic mass is 10.0. The van der Waals surface area contributed by atoms with Gasteiger partial charge in [0.05, 0.1) is 12.1 Å². The quantitative estimate of drug-likeness (QED) is 0.834. The SMILES string of the molecule is CCCNC(CC)c1nnc(C2CCOC2CC)s1. The molecule has 1 N–H and O–H groups in total. The summed E-state index contributed by atoms with van der Waals surface area (Å²) in [5.74, 6) is 0.458. The Morgan fingerprint density at radius 2 is 2.21 bits per heavy atom. The van der Waals surface area contributed by atoms with E-state index in [0.717, 1.165) is 48.9 Å². The molecule has 19 heavy (non-hydrogen) atoms. The summed E-state index contributed by atoms with van der Waals surface area (Å²) in [5, 5.41) is 14.7. The van der Waals surface area contributed by atoms with Crippen LogP contribution in [0.3, 0.4) is 0 Å². The van der Waals surface area contributed by atoms with Crippen LogP contribution in [0.2, 0.25) is 0 Å². The largest absolute Gasteiger partial charge is 0.377 e. The number of hydrogen-bond acceptors (Lipinski definition) is 5. The third-order valence-electron chi connectivity index (χ3n) is 3.73. The molecule has 1 aliphatic heterocycles. The normalized spacial score (nSPS) is 24.8. The average molecular weight is 283 g/mol. The standard InChI is InChI=1S/C14H25N3OS/c1-4-8-15-11(5-2)14-17-16-13(19-14)10-7-9-18-12(10)6-3/h10-12,15H,4-9H2,1-3H3. The van der Waals surface area contributed by atoms with Crippen molar-refractivity contribution in [1.29, 1.82) is 0 Å². The zero-order valence-electron chi connectivity index (χ0n) is 12.2. The highest BCUT2D eigenvalue weighted by Gasteiger charge is 2.31. The number of nitrogens with one attached hydrogen (secondary N) is 1. The van der Waals surface area contributed by atoms with Crippen LogP contribution in [0.5, 0.6) is 0 Å². The van der Waals surface area contributed by atoms with Crippen LogP contribution in [0.15, 0.2) is 0 Å². The van der Waals surface area contributed by atoms with E-state index in [9.17, 15) is 0 Å². The number of ether oxygens (including phenoxy) is 1. The molecule has 0 aromatic carbocycles. The highest BCUT2D eigenvalue weighted by atomic mass is 32.1. The molecular formula is C14H25N3OS. The Labute approximate surface area is 120 Å². The number of hydrogen-bond donors (Lipinski definition) is 1. The first kappa shape index (κ1) is 14.9. The Balaban J connectivity index is 2.05. The number of nitrogens with zero attached hydrogens (tertiary/aromatic N) is 2. The minimum absolute atomic E-state index is 0.337. The molecule has 5 heteroatoms. The molecule has 2 heterocycles. The molecule has 108 valence electrons. The molecule has 0 bridgehead atoms. The van der Waals surface area contributed by atoms with E-state index in [1.807, 2.05) is 0 Å². The fourth-order valence-corrected chi connectivity index (χ4v) is 3.79. The smallest absolute Gasteiger partial charge is 0.134 e. The molecule has 0 spiro atoms. The van der Waals surface area contributed by atoms with Gasteiger partial charge in [-0.15, -0.1) is 10.2 Å². The molecule has 1 fully saturated rings. The first-order valence-electron chi connectivity index (χ1n) is 7.48. The fraction of sp³-hybridized carbons (Fsp3) is 0.857. The maximum atomic E-state index is 5.75. The van der Waals surface area contributed by atoms with Gasteiger partial charge in [0, 0.05) is 12.5 Å². The lowest BCUT2D eigenvalue weighted by Gasteiger charge is -2.14. The van der Waals surface area contributed by atoms with Crippen molar-refractivity contribution < 1.29 is 4.74 Å². The van der Waals surface area contributed by atoms with Crippen LogP contribution in [0.1, 0.15) is 68.4 Å². The molecule has 1 aromatic rings. The van der Waals surface area contributed by atoms with Gasteiger partial charge in [0.25, 0.3) is 0 Å². The van der Waals surface area contributed by atoms with Crippen molar-refractivity contribution in [3.8, 4) is 0 Å². The molecule has 0 saturated carbocycles. The first-order chi connectivity index (χ1) is 9.30. The molecular weight excluding hydrogens is 258 g/mol. The summed E-state index contributed by atoms with van der Waals surface area (Å²) in [5.41, 5.74) is 0. The first-order valence-corrected chi connectivity index (χ1v) is 8.30. The van der Waals surface area contributed by atoms with Gasteiger partial charge in [-0.1, -0.05) is 32.1 Å². The Hall–Kier alpha value is -0.520. The zero-order chi connectivity index (χ0) is 13.7. The van der Waals surface area contributed by atoms with Crippen LogP contribution >= 0.6 is 11.3 Å². The average Bonchev–Trinajstić information content (AvgIpc) is 3.07. The fourth-order valence-electron chi connectivity index (χ4n) is 2.60. The van der Waals surface area contributed by atoms with Crippen molar-refractivity contribution in [1.82, 2.24) is 15.5 Å². The van der Waals surface area contributed by atoms with E-state index < -0.39 is 0 Å². The van der Waals surface area contributed by atoms with Crippen LogP contribution in [-0.2, 0) is 4.74 Å². The van der Waals surface area contributed by atoms with Crippen LogP contribution in [-0.4, -0.2) is 29.5 Å². The van der Waals surface area contributed by atoms with E-state index >= 15 is 0 Å². The summed E-state index contributed by atoms with van der Waals surface area (Å²) in [6.45, 7) is 8.47. The molecule has 1 aromatic heterocycles. The zero-order valence-corrected chi connectivity index (χ0v) is 13.0. The van der Waals surface area contributed by atoms with E-state index in [-0.39, 0.29) is 0 Å². The highest BCUT2D eigenvalue weighted by Crippen LogP contribution is 2.35. The second-order valence-corrected chi connectivity index (χ2v) is 6.15. The van der Waals surface area contributed by atoms with Crippen LogP contribution in [0.4, 0.5) is 0 Å². The van der Waals surface area contributed by atoms with Gasteiger partial charge in [0.2, 0.25) is 0 Å². The van der Waals surface area contributed by atoms with Crippen LogP contribution in [0.25, 0.3) is 0 Å². The second kappa shape index (κ2) is 7.31. The van der Waals surface area contributed by atoms with E-state index in [0.29, 0.717) is 18.1 Å². The van der Waals surface area contributed by atoms with Crippen molar-refractivity contribution in [3.63, 3.8) is 0 Å². The van der Waals surface area contributed by atoms with Gasteiger partial charge in [-0.25, -0.2) is 0 Å². The van der Waals surface area contributed by atoms with Gasteiger partial charge < -0.3 is 10.1 Å². The van der Waals surface area contributed by atoms with Crippen molar-refractivity contribution in [2.24, 2.45) is 0 Å². The highest BCUT2D eigenvalue weighted by molar-refractivity contribution is 7.11. The molecule has 0 radical (unpaired) electrons. The molecule has 0 amide bonds. The maximum absolute atomic E-state index is 5.75. The molecule has 1 aliphatic rings. The molecule has 2 rings (SSSR count). The monoisotopic (exact) mass is 283 g/mol. The Morgan fingerprint density at radius 1 is 1.37 bits per heavy atom. The molecule has 3 atom stereocenters. The van der Waals surface area contributed by atoms with E-state index in [1.165, 1.54) is 0 Å². The van der Waals surface area contributed by atoms with Gasteiger partial charge in [-0.2, -0.15) is 0 Å². The topological polar surface area (TPSA) is 47.0 Å². The summed E-state index contributed by atoms with van der Waals surface area (Å²) in [4.78, 5) is 0. The predicted octanol–water partition coefficient (Wildman–Crippen LogP) is 3.27. The molecule has 4 nitrogen and oxygen atoms in total. The predicted molar refractivity (Wildman–Crippen MR) is 78.6 cm³/mol. The van der Waals surface area contributed by atoms with Crippen molar-refractivity contribution >= 4 is 11.3 Å². The van der Waals surface area contributed by atoms with E-state index in [2.05, 4.69) is 36.3 Å². The summed E-state index contributed by atoms with van der Waals surface area (Å²) >= 11 is 1.77. The Morgan fingerprint density at radius 3 is 2.89 bits per heavy atom. The minimum Gasteiger partial charge on any atom is -0.377 e. The summed E-state index contributed by atoms with van der Waals surface area (Å²) < 4.78 is 5.75. The lowest BCUT2D eigenvalue weighted by Crippen LogP contribution is -2.21. The second-order valence-electron chi connectivity index (χ2n) is 5.11. The molecule has 0 aliphatic carbocycles. The van der Waals surface area contributed by atoms with Crippen molar-refractivity contribution in [3.05, 3.63) is 10.0 Å². The van der Waals surface area contributed by atoms with Gasteiger partial charge in [0.1, 0.15) is 10.0 Å². The van der Waals surface area contributed by atoms with Gasteiger partial charge >= 0.3 is 0 Å². The summed E-state index contributed by atoms with van der Waals surface area (Å²) in [6, 6.07) is 0.355. The Kier molecular flexibility index (Phi) is 5.73. The lowest BCUT2D eigenvalue weighted by molar-refractivity contribution is 0.100. The molecule has 3 unspecified atom stereocenters. The third kappa shape index (κ3) is 3.52. The van der Waals surface area contributed by atoms with Gasteiger partial charge in [0.15, 0.2) is 0 Å². The van der Waals surface area contributed by atoms with Crippen LogP contribution < -0.4 is 5.32 Å². The van der Waals surface area contributed by atoms with E-state index in [1.54, 1.807) is 11.3 Å².